The second-order valence-corrected chi connectivity index (χ2v) is 4.38. The molecule has 88 valence electrons. The third-order valence-electron chi connectivity index (χ3n) is 3.16. The Labute approximate surface area is 96.8 Å². The molecule has 0 amide bonds. The molecule has 0 unspecified atom stereocenters. The second kappa shape index (κ2) is 4.74. The van der Waals surface area contributed by atoms with Crippen LogP contribution in [-0.4, -0.2) is 20.8 Å². The molecule has 16 heavy (non-hydrogen) atoms. The molecule has 3 heteroatoms. The van der Waals surface area contributed by atoms with E-state index in [1.807, 2.05) is 12.1 Å². The van der Waals surface area contributed by atoms with Gasteiger partial charge in [-0.2, -0.15) is 0 Å². The minimum absolute atomic E-state index is 0.389. The Morgan fingerprint density at radius 2 is 2.06 bits per heavy atom. The summed E-state index contributed by atoms with van der Waals surface area (Å²) in [6.07, 6.45) is 1.16. The molecule has 1 saturated heterocycles. The van der Waals surface area contributed by atoms with Crippen LogP contribution in [0.4, 0.5) is 0 Å². The molecule has 1 heterocycles. The van der Waals surface area contributed by atoms with E-state index in [0.29, 0.717) is 6.04 Å². The molecule has 1 aromatic carbocycles. The van der Waals surface area contributed by atoms with Crippen LogP contribution in [0, 0.1) is 5.92 Å². The number of ether oxygens (including phenoxy) is 2. The van der Waals surface area contributed by atoms with E-state index in [-0.39, 0.29) is 0 Å². The summed E-state index contributed by atoms with van der Waals surface area (Å²) in [5, 5.41) is 3.51. The van der Waals surface area contributed by atoms with E-state index < -0.39 is 0 Å². The minimum Gasteiger partial charge on any atom is -0.493 e. The summed E-state index contributed by atoms with van der Waals surface area (Å²) in [6, 6.07) is 6.44. The molecule has 0 saturated carbocycles. The minimum atomic E-state index is 0.389. The van der Waals surface area contributed by atoms with Crippen molar-refractivity contribution in [1.82, 2.24) is 5.32 Å². The smallest absolute Gasteiger partial charge is 0.165 e. The average Bonchev–Trinajstić information content (AvgIpc) is 2.74. The SMILES string of the molecule is COc1cccc([C@@H]2C[C@@H](C)CN2)c1OC. The molecule has 0 bridgehead atoms. The Hall–Kier alpha value is -1.22. The lowest BCUT2D eigenvalue weighted by Gasteiger charge is -2.17. The van der Waals surface area contributed by atoms with Crippen LogP contribution in [0.3, 0.4) is 0 Å². The van der Waals surface area contributed by atoms with Crippen LogP contribution in [0.5, 0.6) is 11.5 Å². The largest absolute Gasteiger partial charge is 0.493 e. The average molecular weight is 221 g/mol. The van der Waals surface area contributed by atoms with Crippen molar-refractivity contribution in [2.45, 2.75) is 19.4 Å². The highest BCUT2D eigenvalue weighted by atomic mass is 16.5. The maximum atomic E-state index is 5.45. The fourth-order valence-electron chi connectivity index (χ4n) is 2.34. The van der Waals surface area contributed by atoms with E-state index in [4.69, 9.17) is 9.47 Å². The summed E-state index contributed by atoms with van der Waals surface area (Å²) in [5.41, 5.74) is 1.20. The van der Waals surface area contributed by atoms with Crippen molar-refractivity contribution >= 4 is 0 Å². The van der Waals surface area contributed by atoms with Gasteiger partial charge < -0.3 is 14.8 Å². The first-order valence-electron chi connectivity index (χ1n) is 5.70. The number of hydrogen-bond donors (Lipinski definition) is 1. The van der Waals surface area contributed by atoms with Gasteiger partial charge in [-0.25, -0.2) is 0 Å². The molecule has 2 rings (SSSR count). The molecule has 0 aliphatic carbocycles. The zero-order chi connectivity index (χ0) is 11.5. The van der Waals surface area contributed by atoms with Gasteiger partial charge in [-0.15, -0.1) is 0 Å². The lowest BCUT2D eigenvalue weighted by Crippen LogP contribution is -2.14. The lowest BCUT2D eigenvalue weighted by atomic mass is 10.00. The molecule has 3 nitrogen and oxygen atoms in total. The van der Waals surface area contributed by atoms with E-state index in [1.54, 1.807) is 14.2 Å². The number of nitrogens with one attached hydrogen (secondary N) is 1. The van der Waals surface area contributed by atoms with Crippen molar-refractivity contribution in [2.75, 3.05) is 20.8 Å². The first-order valence-corrected chi connectivity index (χ1v) is 5.70. The van der Waals surface area contributed by atoms with E-state index in [9.17, 15) is 0 Å². The van der Waals surface area contributed by atoms with Crippen LogP contribution < -0.4 is 14.8 Å². The highest BCUT2D eigenvalue weighted by molar-refractivity contribution is 5.48. The third kappa shape index (κ3) is 2.00. The molecular weight excluding hydrogens is 202 g/mol. The van der Waals surface area contributed by atoms with Gasteiger partial charge in [-0.1, -0.05) is 19.1 Å². The maximum Gasteiger partial charge on any atom is 0.165 e. The second-order valence-electron chi connectivity index (χ2n) is 4.38. The quantitative estimate of drug-likeness (QED) is 0.850. The van der Waals surface area contributed by atoms with Gasteiger partial charge in [0, 0.05) is 11.6 Å². The van der Waals surface area contributed by atoms with Gasteiger partial charge in [0.1, 0.15) is 0 Å². The van der Waals surface area contributed by atoms with Crippen LogP contribution in [0.25, 0.3) is 0 Å². The summed E-state index contributed by atoms with van der Waals surface area (Å²) in [6.45, 7) is 3.34. The van der Waals surface area contributed by atoms with Crippen LogP contribution in [0.1, 0.15) is 24.9 Å². The van der Waals surface area contributed by atoms with Gasteiger partial charge in [0.25, 0.3) is 0 Å². The van der Waals surface area contributed by atoms with Gasteiger partial charge in [-0.05, 0) is 24.9 Å². The predicted molar refractivity (Wildman–Crippen MR) is 64.1 cm³/mol. The monoisotopic (exact) mass is 221 g/mol. The van der Waals surface area contributed by atoms with E-state index in [2.05, 4.69) is 18.3 Å². The normalized spacial score (nSPS) is 24.4. The van der Waals surface area contributed by atoms with Crippen molar-refractivity contribution in [3.63, 3.8) is 0 Å². The molecule has 1 aliphatic heterocycles. The fraction of sp³-hybridized carbons (Fsp3) is 0.538. The summed E-state index contributed by atoms with van der Waals surface area (Å²) < 4.78 is 10.8. The van der Waals surface area contributed by atoms with Crippen molar-refractivity contribution in [1.29, 1.82) is 0 Å². The molecule has 1 N–H and O–H groups in total. The Bertz CT molecular complexity index is 365. The number of benzene rings is 1. The molecule has 0 spiro atoms. The number of methoxy groups -OCH3 is 2. The Morgan fingerprint density at radius 3 is 2.62 bits per heavy atom. The van der Waals surface area contributed by atoms with Gasteiger partial charge in [0.05, 0.1) is 14.2 Å². The van der Waals surface area contributed by atoms with Crippen molar-refractivity contribution in [3.8, 4) is 11.5 Å². The van der Waals surface area contributed by atoms with Gasteiger partial charge >= 0.3 is 0 Å². The number of para-hydroxylation sites is 1. The summed E-state index contributed by atoms with van der Waals surface area (Å²) in [4.78, 5) is 0. The highest BCUT2D eigenvalue weighted by Crippen LogP contribution is 2.38. The van der Waals surface area contributed by atoms with E-state index >= 15 is 0 Å². The topological polar surface area (TPSA) is 30.5 Å². The van der Waals surface area contributed by atoms with Gasteiger partial charge in [0.15, 0.2) is 11.5 Å². The van der Waals surface area contributed by atoms with Crippen molar-refractivity contribution in [3.05, 3.63) is 23.8 Å². The molecule has 1 aliphatic rings. The zero-order valence-electron chi connectivity index (χ0n) is 10.1. The first-order chi connectivity index (χ1) is 7.76. The van der Waals surface area contributed by atoms with Crippen LogP contribution in [0.2, 0.25) is 0 Å². The molecule has 0 aromatic heterocycles. The van der Waals surface area contributed by atoms with E-state index in [1.165, 1.54) is 5.56 Å². The number of rotatable bonds is 3. The zero-order valence-corrected chi connectivity index (χ0v) is 10.1. The van der Waals surface area contributed by atoms with Crippen molar-refractivity contribution < 1.29 is 9.47 Å². The molecule has 2 atom stereocenters. The predicted octanol–water partition coefficient (Wildman–Crippen LogP) is 2.37. The molecule has 1 aromatic rings. The summed E-state index contributed by atoms with van der Waals surface area (Å²) >= 11 is 0. The Morgan fingerprint density at radius 1 is 1.25 bits per heavy atom. The number of hydrogen-bond acceptors (Lipinski definition) is 3. The Balaban J connectivity index is 2.32. The highest BCUT2D eigenvalue weighted by Gasteiger charge is 2.25. The maximum absolute atomic E-state index is 5.45. The molecule has 1 fully saturated rings. The standard InChI is InChI=1S/C13H19NO2/c1-9-7-11(14-8-9)10-5-4-6-12(15-2)13(10)16-3/h4-6,9,11,14H,7-8H2,1-3H3/t9-,11+/m1/s1. The molecule has 0 radical (unpaired) electrons. The van der Waals surface area contributed by atoms with Gasteiger partial charge in [-0.3, -0.25) is 0 Å². The third-order valence-corrected chi connectivity index (χ3v) is 3.16. The van der Waals surface area contributed by atoms with Crippen LogP contribution >= 0.6 is 0 Å². The van der Waals surface area contributed by atoms with Crippen LogP contribution in [-0.2, 0) is 0 Å². The van der Waals surface area contributed by atoms with Gasteiger partial charge in [0.2, 0.25) is 0 Å². The summed E-state index contributed by atoms with van der Waals surface area (Å²) in [5.74, 6) is 2.39. The lowest BCUT2D eigenvalue weighted by molar-refractivity contribution is 0.348. The first kappa shape index (κ1) is 11.3. The van der Waals surface area contributed by atoms with Crippen LogP contribution in [0.15, 0.2) is 18.2 Å². The molecular formula is C13H19NO2. The van der Waals surface area contributed by atoms with Crippen molar-refractivity contribution in [2.24, 2.45) is 5.92 Å². The summed E-state index contributed by atoms with van der Waals surface area (Å²) in [7, 11) is 3.37. The fourth-order valence-corrected chi connectivity index (χ4v) is 2.34. The van der Waals surface area contributed by atoms with E-state index in [0.717, 1.165) is 30.4 Å². The Kier molecular flexibility index (Phi) is 3.34.